The van der Waals surface area contributed by atoms with E-state index in [-0.39, 0.29) is 17.4 Å². The summed E-state index contributed by atoms with van der Waals surface area (Å²) >= 11 is 0. The molecule has 2 aromatic rings. The number of carbonyl (C=O) groups is 1. The summed E-state index contributed by atoms with van der Waals surface area (Å²) in [5, 5.41) is 3.23. The van der Waals surface area contributed by atoms with Gasteiger partial charge in [0.05, 0.1) is 5.56 Å². The van der Waals surface area contributed by atoms with E-state index in [1.165, 1.54) is 13.0 Å². The normalized spacial score (nSPS) is 12.0. The van der Waals surface area contributed by atoms with Crippen molar-refractivity contribution in [2.24, 2.45) is 0 Å². The van der Waals surface area contributed by atoms with Crippen LogP contribution in [-0.4, -0.2) is 5.78 Å². The van der Waals surface area contributed by atoms with Gasteiger partial charge < -0.3 is 5.32 Å². The first-order valence-electron chi connectivity index (χ1n) is 6.62. The lowest BCUT2D eigenvalue weighted by molar-refractivity contribution is 0.101. The number of nitrogens with one attached hydrogen (secondary N) is 1. The number of hydrogen-bond acceptors (Lipinski definition) is 2. The molecule has 0 saturated heterocycles. The van der Waals surface area contributed by atoms with Crippen molar-refractivity contribution in [1.82, 2.24) is 0 Å². The van der Waals surface area contributed by atoms with Gasteiger partial charge in [-0.05, 0) is 44.0 Å². The van der Waals surface area contributed by atoms with Crippen molar-refractivity contribution >= 4 is 11.5 Å². The Hall–Kier alpha value is -2.16. The summed E-state index contributed by atoms with van der Waals surface area (Å²) in [5.41, 5.74) is 2.95. The Balaban J connectivity index is 2.33. The molecule has 0 amide bonds. The molecule has 1 N–H and O–H groups in total. The zero-order valence-corrected chi connectivity index (χ0v) is 11.9. The molecule has 2 nitrogen and oxygen atoms in total. The molecule has 0 aliphatic carbocycles. The van der Waals surface area contributed by atoms with E-state index in [4.69, 9.17) is 0 Å². The Morgan fingerprint density at radius 1 is 1.15 bits per heavy atom. The standard InChI is InChI=1S/C17H18FNO/c1-11-7-4-5-8-14(11)12(2)19-16-10-6-9-15(18)17(16)13(3)20/h4-10,12,19H,1-3H3. The Labute approximate surface area is 118 Å². The fraction of sp³-hybridized carbons (Fsp3) is 0.235. The number of rotatable bonds is 4. The monoisotopic (exact) mass is 271 g/mol. The highest BCUT2D eigenvalue weighted by Crippen LogP contribution is 2.26. The molecule has 20 heavy (non-hydrogen) atoms. The van der Waals surface area contributed by atoms with Crippen LogP contribution in [-0.2, 0) is 0 Å². The number of carbonyl (C=O) groups excluding carboxylic acids is 1. The molecule has 0 aliphatic heterocycles. The van der Waals surface area contributed by atoms with E-state index < -0.39 is 5.82 Å². The zero-order valence-electron chi connectivity index (χ0n) is 11.9. The number of Topliss-reactive ketones (excluding diaryl/α,β-unsaturated/α-hetero) is 1. The van der Waals surface area contributed by atoms with Crippen molar-refractivity contribution in [1.29, 1.82) is 0 Å². The molecule has 0 saturated carbocycles. The van der Waals surface area contributed by atoms with Crippen molar-refractivity contribution in [3.63, 3.8) is 0 Å². The van der Waals surface area contributed by atoms with Gasteiger partial charge in [-0.1, -0.05) is 30.3 Å². The summed E-state index contributed by atoms with van der Waals surface area (Å²) < 4.78 is 13.8. The minimum absolute atomic E-state index is 0.00361. The zero-order chi connectivity index (χ0) is 14.7. The van der Waals surface area contributed by atoms with Crippen LogP contribution in [0.2, 0.25) is 0 Å². The lowest BCUT2D eigenvalue weighted by Crippen LogP contribution is -2.12. The largest absolute Gasteiger partial charge is 0.378 e. The van der Waals surface area contributed by atoms with Gasteiger partial charge in [0.1, 0.15) is 5.82 Å². The van der Waals surface area contributed by atoms with E-state index in [1.807, 2.05) is 38.1 Å². The summed E-state index contributed by atoms with van der Waals surface area (Å²) in [6, 6.07) is 12.7. The van der Waals surface area contributed by atoms with Crippen molar-refractivity contribution in [2.45, 2.75) is 26.8 Å². The molecule has 0 aliphatic rings. The molecule has 2 aromatic carbocycles. The molecule has 2 rings (SSSR count). The predicted molar refractivity (Wildman–Crippen MR) is 79.6 cm³/mol. The second kappa shape index (κ2) is 5.87. The molecule has 104 valence electrons. The van der Waals surface area contributed by atoms with Gasteiger partial charge in [-0.15, -0.1) is 0 Å². The minimum atomic E-state index is -0.487. The van der Waals surface area contributed by atoms with Crippen LogP contribution < -0.4 is 5.32 Å². The smallest absolute Gasteiger partial charge is 0.164 e. The van der Waals surface area contributed by atoms with Crippen LogP contribution in [0.25, 0.3) is 0 Å². The fourth-order valence-corrected chi connectivity index (χ4v) is 2.39. The maximum atomic E-state index is 13.8. The maximum absolute atomic E-state index is 13.8. The van der Waals surface area contributed by atoms with Crippen LogP contribution in [0.4, 0.5) is 10.1 Å². The Morgan fingerprint density at radius 2 is 1.85 bits per heavy atom. The van der Waals surface area contributed by atoms with Gasteiger partial charge in [0.15, 0.2) is 5.78 Å². The predicted octanol–water partition coefficient (Wildman–Crippen LogP) is 4.51. The summed E-state index contributed by atoms with van der Waals surface area (Å²) in [5.74, 6) is -0.762. The van der Waals surface area contributed by atoms with Gasteiger partial charge >= 0.3 is 0 Å². The first kappa shape index (κ1) is 14.3. The fourth-order valence-electron chi connectivity index (χ4n) is 2.39. The van der Waals surface area contributed by atoms with Gasteiger partial charge in [-0.25, -0.2) is 4.39 Å². The summed E-state index contributed by atoms with van der Waals surface area (Å²) in [7, 11) is 0. The first-order valence-corrected chi connectivity index (χ1v) is 6.62. The second-order valence-corrected chi connectivity index (χ2v) is 4.94. The average molecular weight is 271 g/mol. The molecule has 1 unspecified atom stereocenters. The second-order valence-electron chi connectivity index (χ2n) is 4.94. The van der Waals surface area contributed by atoms with E-state index >= 15 is 0 Å². The van der Waals surface area contributed by atoms with Gasteiger partial charge in [-0.2, -0.15) is 0 Å². The molecule has 1 atom stereocenters. The van der Waals surface area contributed by atoms with Crippen LogP contribution in [0.1, 0.15) is 41.4 Å². The Morgan fingerprint density at radius 3 is 2.50 bits per heavy atom. The number of aryl methyl sites for hydroxylation is 1. The molecule has 0 heterocycles. The Bertz CT molecular complexity index is 637. The van der Waals surface area contributed by atoms with Gasteiger partial charge in [0.2, 0.25) is 0 Å². The van der Waals surface area contributed by atoms with Crippen LogP contribution in [0.15, 0.2) is 42.5 Å². The van der Waals surface area contributed by atoms with Gasteiger partial charge in [0, 0.05) is 11.7 Å². The van der Waals surface area contributed by atoms with E-state index in [0.717, 1.165) is 11.1 Å². The lowest BCUT2D eigenvalue weighted by Gasteiger charge is -2.19. The van der Waals surface area contributed by atoms with Gasteiger partial charge in [-0.3, -0.25) is 4.79 Å². The van der Waals surface area contributed by atoms with E-state index in [0.29, 0.717) is 5.69 Å². The first-order chi connectivity index (χ1) is 9.50. The molecule has 3 heteroatoms. The highest BCUT2D eigenvalue weighted by molar-refractivity contribution is 5.99. The quantitative estimate of drug-likeness (QED) is 0.829. The minimum Gasteiger partial charge on any atom is -0.378 e. The highest BCUT2D eigenvalue weighted by atomic mass is 19.1. The van der Waals surface area contributed by atoms with E-state index in [9.17, 15) is 9.18 Å². The van der Waals surface area contributed by atoms with E-state index in [1.54, 1.807) is 12.1 Å². The third-order valence-corrected chi connectivity index (χ3v) is 3.39. The van der Waals surface area contributed by atoms with Crippen LogP contribution in [0, 0.1) is 12.7 Å². The van der Waals surface area contributed by atoms with Crippen LogP contribution >= 0.6 is 0 Å². The van der Waals surface area contributed by atoms with Crippen LogP contribution in [0.5, 0.6) is 0 Å². The number of anilines is 1. The highest BCUT2D eigenvalue weighted by Gasteiger charge is 2.15. The molecular weight excluding hydrogens is 253 g/mol. The van der Waals surface area contributed by atoms with Gasteiger partial charge in [0.25, 0.3) is 0 Å². The van der Waals surface area contributed by atoms with Crippen molar-refractivity contribution in [3.05, 3.63) is 65.0 Å². The summed E-state index contributed by atoms with van der Waals surface area (Å²) in [6.07, 6.45) is 0. The average Bonchev–Trinajstić information content (AvgIpc) is 2.38. The molecule has 0 fully saturated rings. The number of halogens is 1. The number of hydrogen-bond donors (Lipinski definition) is 1. The summed E-state index contributed by atoms with van der Waals surface area (Å²) in [6.45, 7) is 5.41. The molecule has 0 aromatic heterocycles. The third-order valence-electron chi connectivity index (χ3n) is 3.39. The molecular formula is C17H18FNO. The number of benzene rings is 2. The topological polar surface area (TPSA) is 29.1 Å². The van der Waals surface area contributed by atoms with Crippen molar-refractivity contribution < 1.29 is 9.18 Å². The molecule has 0 spiro atoms. The molecule has 0 bridgehead atoms. The molecule has 0 radical (unpaired) electrons. The van der Waals surface area contributed by atoms with E-state index in [2.05, 4.69) is 5.32 Å². The lowest BCUT2D eigenvalue weighted by atomic mass is 10.0. The SMILES string of the molecule is CC(=O)c1c(F)cccc1NC(C)c1ccccc1C. The number of ketones is 1. The van der Waals surface area contributed by atoms with Crippen molar-refractivity contribution in [2.75, 3.05) is 5.32 Å². The Kier molecular flexibility index (Phi) is 4.18. The maximum Gasteiger partial charge on any atom is 0.164 e. The summed E-state index contributed by atoms with van der Waals surface area (Å²) in [4.78, 5) is 11.6. The van der Waals surface area contributed by atoms with Crippen LogP contribution in [0.3, 0.4) is 0 Å². The third kappa shape index (κ3) is 2.87. The van der Waals surface area contributed by atoms with Crippen molar-refractivity contribution in [3.8, 4) is 0 Å².